The molecule has 0 spiro atoms. The molecule has 0 aliphatic carbocycles. The molecule has 1 fully saturated rings. The summed E-state index contributed by atoms with van der Waals surface area (Å²) in [6.07, 6.45) is 9.97. The predicted molar refractivity (Wildman–Crippen MR) is 223 cm³/mol. The lowest BCUT2D eigenvalue weighted by atomic mass is 9.88. The van der Waals surface area contributed by atoms with Gasteiger partial charge in [0.1, 0.15) is 23.9 Å². The Bertz CT molecular complexity index is 1220. The maximum Gasteiger partial charge on any atom is 0.308 e. The van der Waals surface area contributed by atoms with E-state index >= 15 is 0 Å². The molecule has 312 valence electrons. The minimum absolute atomic E-state index is 0.00957. The summed E-state index contributed by atoms with van der Waals surface area (Å²) in [6.45, 7) is 26.8. The van der Waals surface area contributed by atoms with Crippen LogP contribution >= 0.6 is 0 Å². The molecule has 2 rings (SSSR count). The van der Waals surface area contributed by atoms with Crippen molar-refractivity contribution in [2.24, 2.45) is 17.8 Å². The van der Waals surface area contributed by atoms with Crippen LogP contribution in [0.1, 0.15) is 116 Å². The second kappa shape index (κ2) is 22.4. The number of ether oxygens (including phenoxy) is 4. The molecule has 11 atom stereocenters. The summed E-state index contributed by atoms with van der Waals surface area (Å²) >= 11 is 0. The molecule has 0 aromatic heterocycles. The molecule has 0 aromatic carbocycles. The molecule has 0 aromatic rings. The van der Waals surface area contributed by atoms with Crippen LogP contribution in [0.2, 0.25) is 36.3 Å². The molecule has 0 amide bonds. The summed E-state index contributed by atoms with van der Waals surface area (Å²) in [5, 5.41) is 11.6. The van der Waals surface area contributed by atoms with Gasteiger partial charge in [-0.05, 0) is 81.0 Å². The van der Waals surface area contributed by atoms with Gasteiger partial charge < -0.3 is 32.9 Å². The van der Waals surface area contributed by atoms with Crippen LogP contribution in [0.15, 0.2) is 36.0 Å². The van der Waals surface area contributed by atoms with Gasteiger partial charge in [0, 0.05) is 31.8 Å². The molecule has 0 radical (unpaired) electrons. The van der Waals surface area contributed by atoms with Crippen LogP contribution < -0.4 is 0 Å². The summed E-state index contributed by atoms with van der Waals surface area (Å²) in [4.78, 5) is 25.9. The summed E-state index contributed by atoms with van der Waals surface area (Å²) < 4.78 is 38.1. The number of rotatable bonds is 20. The van der Waals surface area contributed by atoms with Gasteiger partial charge in [-0.3, -0.25) is 9.59 Å². The average Bonchev–Trinajstić information content (AvgIpc) is 3.95. The van der Waals surface area contributed by atoms with E-state index in [9.17, 15) is 14.7 Å². The Labute approximate surface area is 331 Å². The minimum atomic E-state index is -2.08. The van der Waals surface area contributed by atoms with Gasteiger partial charge in [-0.1, -0.05) is 93.5 Å². The number of methoxy groups -OCH3 is 1. The summed E-state index contributed by atoms with van der Waals surface area (Å²) in [7, 11) is -2.25. The van der Waals surface area contributed by atoms with Gasteiger partial charge in [0.05, 0.1) is 30.8 Å². The number of esters is 2. The number of carbonyl (C=O) groups excluding carboxylic acids is 2. The minimum Gasteiger partial charge on any atom is -0.457 e. The lowest BCUT2D eigenvalue weighted by Crippen LogP contribution is -2.45. The van der Waals surface area contributed by atoms with E-state index in [1.54, 1.807) is 20.1 Å². The SMILES string of the molecule is CCC(OC)C(C)C1OC1C(O[Si](CC)(CC)CC)C(C)/C=C/C=C(\C)C1OC(=O)CC(O[Si](CC)(CC)CC)CCC(C)(O)C(OC(C)=O)/C=C/C1C. The molecule has 2 aliphatic rings. The Morgan fingerprint density at radius 1 is 0.981 bits per heavy atom. The Morgan fingerprint density at radius 3 is 2.09 bits per heavy atom. The Kier molecular flexibility index (Phi) is 20.1. The fraction of sp³-hybridized carbons (Fsp3) is 0.814. The molecule has 54 heavy (non-hydrogen) atoms. The van der Waals surface area contributed by atoms with E-state index in [2.05, 4.69) is 74.5 Å². The summed E-state index contributed by atoms with van der Waals surface area (Å²) in [5.74, 6) is -0.713. The first-order chi connectivity index (χ1) is 25.4. The van der Waals surface area contributed by atoms with Gasteiger partial charge >= 0.3 is 11.9 Å². The molecule has 9 nitrogen and oxygen atoms in total. The quantitative estimate of drug-likeness (QED) is 0.0423. The smallest absolute Gasteiger partial charge is 0.308 e. The number of aliphatic hydroxyl groups is 1. The van der Waals surface area contributed by atoms with Gasteiger partial charge in [-0.15, -0.1) is 0 Å². The second-order valence-electron chi connectivity index (χ2n) is 16.4. The molecule has 0 bridgehead atoms. The first kappa shape index (κ1) is 48.5. The van der Waals surface area contributed by atoms with Crippen LogP contribution in [0.5, 0.6) is 0 Å². The van der Waals surface area contributed by atoms with E-state index < -0.39 is 46.5 Å². The first-order valence-electron chi connectivity index (χ1n) is 21.1. The summed E-state index contributed by atoms with van der Waals surface area (Å²) in [6, 6.07) is 6.00. The maximum atomic E-state index is 13.7. The molecular formula is C43H78O9Si2. The topological polar surface area (TPSA) is 113 Å². The number of allylic oxidation sites excluding steroid dienone is 2. The van der Waals surface area contributed by atoms with Crippen LogP contribution in [-0.4, -0.2) is 89.1 Å². The Hall–Kier alpha value is -1.61. The van der Waals surface area contributed by atoms with Crippen molar-refractivity contribution in [3.8, 4) is 0 Å². The highest BCUT2D eigenvalue weighted by atomic mass is 28.4. The third kappa shape index (κ3) is 13.5. The van der Waals surface area contributed by atoms with Gasteiger partial charge in [-0.2, -0.15) is 0 Å². The lowest BCUT2D eigenvalue weighted by molar-refractivity contribution is -0.157. The van der Waals surface area contributed by atoms with E-state index in [0.717, 1.165) is 48.3 Å². The zero-order chi connectivity index (χ0) is 40.9. The highest BCUT2D eigenvalue weighted by molar-refractivity contribution is 6.74. The van der Waals surface area contributed by atoms with E-state index in [1.807, 2.05) is 26.0 Å². The third-order valence-corrected chi connectivity index (χ3v) is 22.0. The van der Waals surface area contributed by atoms with Crippen molar-refractivity contribution < 1.29 is 42.5 Å². The highest BCUT2D eigenvalue weighted by Crippen LogP contribution is 2.41. The number of hydrogen-bond donors (Lipinski definition) is 1. The molecule has 1 N–H and O–H groups in total. The van der Waals surface area contributed by atoms with Crippen molar-refractivity contribution in [3.63, 3.8) is 0 Å². The zero-order valence-electron chi connectivity index (χ0n) is 36.4. The monoisotopic (exact) mass is 795 g/mol. The van der Waals surface area contributed by atoms with E-state index in [-0.39, 0.29) is 54.6 Å². The number of epoxide rings is 1. The van der Waals surface area contributed by atoms with E-state index in [0.29, 0.717) is 12.8 Å². The van der Waals surface area contributed by atoms with Gasteiger partial charge in [-0.25, -0.2) is 0 Å². The first-order valence-corrected chi connectivity index (χ1v) is 26.2. The third-order valence-electron chi connectivity index (χ3n) is 12.7. The number of carbonyl (C=O) groups is 2. The van der Waals surface area contributed by atoms with Crippen LogP contribution in [0.4, 0.5) is 0 Å². The van der Waals surface area contributed by atoms with Crippen molar-refractivity contribution in [1.29, 1.82) is 0 Å². The molecule has 2 heterocycles. The normalized spacial score (nSPS) is 30.4. The standard InChI is InChI=1S/C43H78O9Si2/c1-15-36(47-14)33(11)41-42(50-41)40(52-54(19-5,20-6)21-7)31(9)24-22-23-30(8)39-32(10)25-26-37(48-34(12)44)43(13,46)28-27-35(29-38(45)49-39)51-53(16-2,17-3)18-4/h22-26,31-33,35-37,39-42,46H,15-21,27-29H2,1-14H3/b24-22+,26-25+,30-23+. The number of hydrogen-bond acceptors (Lipinski definition) is 9. The van der Waals surface area contributed by atoms with Crippen molar-refractivity contribution in [3.05, 3.63) is 36.0 Å². The van der Waals surface area contributed by atoms with E-state index in [4.69, 9.17) is 27.8 Å². The van der Waals surface area contributed by atoms with E-state index in [1.165, 1.54) is 6.92 Å². The Balaban J connectivity index is 2.47. The zero-order valence-corrected chi connectivity index (χ0v) is 38.4. The van der Waals surface area contributed by atoms with Crippen LogP contribution in [0.3, 0.4) is 0 Å². The van der Waals surface area contributed by atoms with Crippen molar-refractivity contribution in [2.75, 3.05) is 7.11 Å². The fourth-order valence-corrected chi connectivity index (χ4v) is 14.0. The van der Waals surface area contributed by atoms with Gasteiger partial charge in [0.2, 0.25) is 0 Å². The van der Waals surface area contributed by atoms with Gasteiger partial charge in [0.25, 0.3) is 0 Å². The second-order valence-corrected chi connectivity index (χ2v) is 25.8. The highest BCUT2D eigenvalue weighted by Gasteiger charge is 2.53. The summed E-state index contributed by atoms with van der Waals surface area (Å²) in [5.41, 5.74) is -0.471. The molecule has 11 heteroatoms. The molecular weight excluding hydrogens is 717 g/mol. The van der Waals surface area contributed by atoms with Crippen molar-refractivity contribution >= 4 is 28.6 Å². The van der Waals surface area contributed by atoms with Crippen LogP contribution in [0.25, 0.3) is 0 Å². The Morgan fingerprint density at radius 2 is 1.57 bits per heavy atom. The average molecular weight is 795 g/mol. The molecule has 0 saturated carbocycles. The molecule has 1 saturated heterocycles. The van der Waals surface area contributed by atoms with Crippen molar-refractivity contribution in [1.82, 2.24) is 0 Å². The molecule has 2 aliphatic heterocycles. The fourth-order valence-electron chi connectivity index (χ4n) is 8.21. The number of cyclic esters (lactones) is 1. The van der Waals surface area contributed by atoms with Crippen molar-refractivity contribution in [2.45, 2.75) is 200 Å². The largest absolute Gasteiger partial charge is 0.457 e. The van der Waals surface area contributed by atoms with Gasteiger partial charge in [0.15, 0.2) is 16.6 Å². The molecule has 11 unspecified atom stereocenters. The maximum absolute atomic E-state index is 13.7. The van der Waals surface area contributed by atoms with Crippen LogP contribution in [0, 0.1) is 17.8 Å². The predicted octanol–water partition coefficient (Wildman–Crippen LogP) is 9.71. The lowest BCUT2D eigenvalue weighted by Gasteiger charge is -2.36. The van der Waals surface area contributed by atoms with Crippen LogP contribution in [-0.2, 0) is 37.4 Å².